The maximum absolute atomic E-state index is 5.64. The van der Waals surface area contributed by atoms with Crippen molar-refractivity contribution >= 4 is 0 Å². The van der Waals surface area contributed by atoms with Crippen LogP contribution in [0.25, 0.3) is 0 Å². The Morgan fingerprint density at radius 3 is 2.93 bits per heavy atom. The molecule has 2 aliphatic rings. The summed E-state index contributed by atoms with van der Waals surface area (Å²) in [6.45, 7) is 11.4. The van der Waals surface area contributed by atoms with Gasteiger partial charge in [0, 0.05) is 44.7 Å². The van der Waals surface area contributed by atoms with Crippen molar-refractivity contribution in [2.45, 2.75) is 26.4 Å². The monoisotopic (exact) mass is 198 g/mol. The predicted molar refractivity (Wildman–Crippen MR) is 57.4 cm³/mol. The Kier molecular flexibility index (Phi) is 3.10. The second-order valence-electron chi connectivity index (χ2n) is 5.18. The van der Waals surface area contributed by atoms with E-state index < -0.39 is 0 Å². The van der Waals surface area contributed by atoms with Crippen molar-refractivity contribution in [1.82, 2.24) is 10.2 Å². The fraction of sp³-hybridized carbons (Fsp3) is 1.00. The summed E-state index contributed by atoms with van der Waals surface area (Å²) in [5, 5.41) is 3.36. The van der Waals surface area contributed by atoms with Crippen LogP contribution in [-0.4, -0.2) is 50.3 Å². The van der Waals surface area contributed by atoms with Gasteiger partial charge < -0.3 is 15.0 Å². The van der Waals surface area contributed by atoms with Crippen LogP contribution in [0.4, 0.5) is 0 Å². The van der Waals surface area contributed by atoms with Gasteiger partial charge in [-0.25, -0.2) is 0 Å². The molecular weight excluding hydrogens is 176 g/mol. The maximum atomic E-state index is 5.64. The van der Waals surface area contributed by atoms with Crippen LogP contribution in [0.15, 0.2) is 0 Å². The van der Waals surface area contributed by atoms with Crippen LogP contribution >= 0.6 is 0 Å². The first kappa shape index (κ1) is 10.4. The van der Waals surface area contributed by atoms with Crippen LogP contribution in [0, 0.1) is 5.41 Å². The number of hydrogen-bond donors (Lipinski definition) is 1. The number of ether oxygens (including phenoxy) is 1. The highest BCUT2D eigenvalue weighted by Gasteiger charge is 2.33. The van der Waals surface area contributed by atoms with E-state index in [2.05, 4.69) is 24.1 Å². The van der Waals surface area contributed by atoms with Gasteiger partial charge in [-0.3, -0.25) is 0 Å². The SMILES string of the molecule is CC1CN(CC2(C)CNC2)CCCO1. The van der Waals surface area contributed by atoms with Gasteiger partial charge in [0.2, 0.25) is 0 Å². The summed E-state index contributed by atoms with van der Waals surface area (Å²) in [4.78, 5) is 2.57. The summed E-state index contributed by atoms with van der Waals surface area (Å²) >= 11 is 0. The third-order valence-corrected chi connectivity index (χ3v) is 3.25. The average molecular weight is 198 g/mol. The topological polar surface area (TPSA) is 24.5 Å². The lowest BCUT2D eigenvalue weighted by molar-refractivity contribution is 0.0528. The molecule has 0 aromatic heterocycles. The van der Waals surface area contributed by atoms with E-state index in [0.29, 0.717) is 11.5 Å². The van der Waals surface area contributed by atoms with E-state index in [-0.39, 0.29) is 0 Å². The van der Waals surface area contributed by atoms with Gasteiger partial charge in [0.1, 0.15) is 0 Å². The lowest BCUT2D eigenvalue weighted by atomic mass is 9.83. The van der Waals surface area contributed by atoms with Crippen molar-refractivity contribution < 1.29 is 4.74 Å². The Hall–Kier alpha value is -0.120. The summed E-state index contributed by atoms with van der Waals surface area (Å²) in [7, 11) is 0. The Balaban J connectivity index is 1.83. The average Bonchev–Trinajstić information content (AvgIpc) is 2.27. The van der Waals surface area contributed by atoms with Crippen LogP contribution in [0.2, 0.25) is 0 Å². The van der Waals surface area contributed by atoms with Gasteiger partial charge in [0.05, 0.1) is 6.10 Å². The molecule has 2 fully saturated rings. The molecule has 0 spiro atoms. The number of nitrogens with one attached hydrogen (secondary N) is 1. The van der Waals surface area contributed by atoms with Crippen molar-refractivity contribution in [1.29, 1.82) is 0 Å². The van der Waals surface area contributed by atoms with Crippen molar-refractivity contribution in [2.24, 2.45) is 5.41 Å². The number of rotatable bonds is 2. The standard InChI is InChI=1S/C11H22N2O/c1-10-6-13(4-3-5-14-10)9-11(2)7-12-8-11/h10,12H,3-9H2,1-2H3. The predicted octanol–water partition coefficient (Wildman–Crippen LogP) is 0.707. The van der Waals surface area contributed by atoms with E-state index in [4.69, 9.17) is 4.74 Å². The first-order valence-electron chi connectivity index (χ1n) is 5.73. The molecular formula is C11H22N2O. The fourth-order valence-corrected chi connectivity index (χ4v) is 2.43. The highest BCUT2D eigenvalue weighted by Crippen LogP contribution is 2.23. The molecule has 0 aliphatic carbocycles. The van der Waals surface area contributed by atoms with Crippen LogP contribution in [-0.2, 0) is 4.74 Å². The molecule has 1 atom stereocenters. The highest BCUT2D eigenvalue weighted by atomic mass is 16.5. The van der Waals surface area contributed by atoms with E-state index in [1.54, 1.807) is 0 Å². The molecule has 82 valence electrons. The zero-order valence-electron chi connectivity index (χ0n) is 9.38. The molecule has 3 heteroatoms. The summed E-state index contributed by atoms with van der Waals surface area (Å²) < 4.78 is 5.64. The zero-order chi connectivity index (χ0) is 10.0. The molecule has 0 aromatic rings. The molecule has 0 radical (unpaired) electrons. The van der Waals surface area contributed by atoms with Crippen molar-refractivity contribution in [3.05, 3.63) is 0 Å². The summed E-state index contributed by atoms with van der Waals surface area (Å²) in [6.07, 6.45) is 1.60. The molecule has 2 aliphatic heterocycles. The van der Waals surface area contributed by atoms with Crippen molar-refractivity contribution in [3.63, 3.8) is 0 Å². The van der Waals surface area contributed by atoms with Gasteiger partial charge >= 0.3 is 0 Å². The molecule has 3 nitrogen and oxygen atoms in total. The van der Waals surface area contributed by atoms with E-state index in [1.807, 2.05) is 0 Å². The maximum Gasteiger partial charge on any atom is 0.0673 e. The molecule has 1 unspecified atom stereocenters. The van der Waals surface area contributed by atoms with Crippen LogP contribution < -0.4 is 5.32 Å². The molecule has 0 amide bonds. The third kappa shape index (κ3) is 2.47. The highest BCUT2D eigenvalue weighted by molar-refractivity contribution is 4.91. The quantitative estimate of drug-likeness (QED) is 0.707. The minimum atomic E-state index is 0.411. The molecule has 14 heavy (non-hydrogen) atoms. The minimum absolute atomic E-state index is 0.411. The molecule has 0 aromatic carbocycles. The molecule has 2 saturated heterocycles. The minimum Gasteiger partial charge on any atom is -0.377 e. The zero-order valence-corrected chi connectivity index (χ0v) is 9.38. The Labute approximate surface area is 86.8 Å². The van der Waals surface area contributed by atoms with Gasteiger partial charge in [-0.2, -0.15) is 0 Å². The van der Waals surface area contributed by atoms with E-state index in [0.717, 1.165) is 13.2 Å². The lowest BCUT2D eigenvalue weighted by Crippen LogP contribution is -2.57. The Morgan fingerprint density at radius 1 is 1.50 bits per heavy atom. The van der Waals surface area contributed by atoms with Gasteiger partial charge in [0.15, 0.2) is 0 Å². The lowest BCUT2D eigenvalue weighted by Gasteiger charge is -2.43. The molecule has 2 rings (SSSR count). The van der Waals surface area contributed by atoms with Gasteiger partial charge in [-0.1, -0.05) is 6.92 Å². The number of hydrogen-bond acceptors (Lipinski definition) is 3. The largest absolute Gasteiger partial charge is 0.377 e. The van der Waals surface area contributed by atoms with Crippen molar-refractivity contribution in [3.8, 4) is 0 Å². The van der Waals surface area contributed by atoms with Crippen LogP contribution in [0.5, 0.6) is 0 Å². The Morgan fingerprint density at radius 2 is 2.29 bits per heavy atom. The Bertz CT molecular complexity index is 192. The van der Waals surface area contributed by atoms with Gasteiger partial charge in [-0.05, 0) is 13.3 Å². The summed E-state index contributed by atoms with van der Waals surface area (Å²) in [5.41, 5.74) is 0.518. The molecule has 0 saturated carbocycles. The number of nitrogens with zero attached hydrogens (tertiary/aromatic N) is 1. The first-order chi connectivity index (χ1) is 6.68. The second-order valence-corrected chi connectivity index (χ2v) is 5.18. The summed E-state index contributed by atoms with van der Waals surface area (Å²) in [6, 6.07) is 0. The smallest absolute Gasteiger partial charge is 0.0673 e. The molecule has 0 bridgehead atoms. The fourth-order valence-electron chi connectivity index (χ4n) is 2.43. The molecule has 1 N–H and O–H groups in total. The van der Waals surface area contributed by atoms with E-state index in [1.165, 1.54) is 32.6 Å². The summed E-state index contributed by atoms with van der Waals surface area (Å²) in [5.74, 6) is 0. The van der Waals surface area contributed by atoms with Crippen LogP contribution in [0.3, 0.4) is 0 Å². The van der Waals surface area contributed by atoms with Gasteiger partial charge in [0.25, 0.3) is 0 Å². The second kappa shape index (κ2) is 4.17. The normalized spacial score (nSPS) is 33.4. The van der Waals surface area contributed by atoms with Crippen molar-refractivity contribution in [2.75, 3.05) is 39.3 Å². The first-order valence-corrected chi connectivity index (χ1v) is 5.73. The van der Waals surface area contributed by atoms with E-state index in [9.17, 15) is 0 Å². The van der Waals surface area contributed by atoms with E-state index >= 15 is 0 Å². The third-order valence-electron chi connectivity index (χ3n) is 3.25. The van der Waals surface area contributed by atoms with Crippen LogP contribution in [0.1, 0.15) is 20.3 Å². The van der Waals surface area contributed by atoms with Gasteiger partial charge in [-0.15, -0.1) is 0 Å². The molecule has 2 heterocycles.